The topological polar surface area (TPSA) is 26.3 Å². The Balaban J connectivity index is 2.31. The Bertz CT molecular complexity index is 322. The first-order chi connectivity index (χ1) is 11.8. The van der Waals surface area contributed by atoms with Crippen LogP contribution in [0.4, 0.5) is 0 Å². The van der Waals surface area contributed by atoms with Gasteiger partial charge in [-0.05, 0) is 44.9 Å². The second-order valence-electron chi connectivity index (χ2n) is 7.38. The predicted octanol–water partition coefficient (Wildman–Crippen LogP) is 6.98. The van der Waals surface area contributed by atoms with E-state index in [9.17, 15) is 4.79 Å². The van der Waals surface area contributed by atoms with Gasteiger partial charge in [-0.2, -0.15) is 0 Å². The van der Waals surface area contributed by atoms with Crippen LogP contribution in [0.25, 0.3) is 0 Å². The van der Waals surface area contributed by atoms with Crippen LogP contribution in [0.2, 0.25) is 0 Å². The van der Waals surface area contributed by atoms with Crippen LogP contribution in [-0.2, 0) is 9.53 Å². The fourth-order valence-corrected chi connectivity index (χ4v) is 3.45. The molecule has 2 nitrogen and oxygen atoms in total. The van der Waals surface area contributed by atoms with Crippen LogP contribution in [-0.4, -0.2) is 12.6 Å². The third-order valence-corrected chi connectivity index (χ3v) is 5.09. The second-order valence-corrected chi connectivity index (χ2v) is 7.38. The summed E-state index contributed by atoms with van der Waals surface area (Å²) in [5.74, 6) is 0.229. The first-order valence-electron chi connectivity index (χ1n) is 10.7. The second kappa shape index (κ2) is 15.7. The molecule has 0 aromatic rings. The number of ether oxygens (including phenoxy) is 1. The van der Waals surface area contributed by atoms with Gasteiger partial charge in [-0.25, -0.2) is 0 Å². The van der Waals surface area contributed by atoms with Crippen molar-refractivity contribution < 1.29 is 9.53 Å². The SMILES string of the molecule is CCCCCCOC(=O)C1CCCCC/C=C/CCCCCCC1. The van der Waals surface area contributed by atoms with Crippen LogP contribution >= 0.6 is 0 Å². The van der Waals surface area contributed by atoms with Crippen molar-refractivity contribution in [3.8, 4) is 0 Å². The van der Waals surface area contributed by atoms with Gasteiger partial charge in [-0.1, -0.05) is 76.9 Å². The van der Waals surface area contributed by atoms with Gasteiger partial charge < -0.3 is 4.74 Å². The van der Waals surface area contributed by atoms with E-state index in [4.69, 9.17) is 4.74 Å². The number of allylic oxidation sites excluding steroid dienone is 2. The normalized spacial score (nSPS) is 23.0. The standard InChI is InChI=1S/C22H40O2/c1-2-3-4-17-20-24-22(23)21-18-15-13-11-9-7-5-6-8-10-12-14-16-19-21/h5,7,21H,2-4,6,8-20H2,1H3/b7-5+. The molecule has 0 fully saturated rings. The molecule has 0 aromatic carbocycles. The molecule has 1 aliphatic rings. The molecule has 140 valence electrons. The van der Waals surface area contributed by atoms with E-state index in [2.05, 4.69) is 19.1 Å². The molecule has 24 heavy (non-hydrogen) atoms. The van der Waals surface area contributed by atoms with Gasteiger partial charge in [0.1, 0.15) is 0 Å². The first kappa shape index (κ1) is 21.3. The highest BCUT2D eigenvalue weighted by molar-refractivity contribution is 5.72. The van der Waals surface area contributed by atoms with Crippen molar-refractivity contribution in [3.05, 3.63) is 12.2 Å². The lowest BCUT2D eigenvalue weighted by atomic mass is 9.94. The Morgan fingerprint density at radius 1 is 0.833 bits per heavy atom. The zero-order chi connectivity index (χ0) is 17.3. The number of hydrogen-bond acceptors (Lipinski definition) is 2. The van der Waals surface area contributed by atoms with E-state index in [1.807, 2.05) is 0 Å². The van der Waals surface area contributed by atoms with Crippen LogP contribution in [0, 0.1) is 5.92 Å². The summed E-state index contributed by atoms with van der Waals surface area (Å²) in [6.07, 6.45) is 24.0. The van der Waals surface area contributed by atoms with E-state index in [1.165, 1.54) is 83.5 Å². The molecule has 0 bridgehead atoms. The molecule has 1 unspecified atom stereocenters. The predicted molar refractivity (Wildman–Crippen MR) is 103 cm³/mol. The van der Waals surface area contributed by atoms with Crippen LogP contribution in [0.3, 0.4) is 0 Å². The highest BCUT2D eigenvalue weighted by Gasteiger charge is 2.19. The molecule has 0 aromatic heterocycles. The maximum Gasteiger partial charge on any atom is 0.308 e. The lowest BCUT2D eigenvalue weighted by Crippen LogP contribution is -2.18. The summed E-state index contributed by atoms with van der Waals surface area (Å²) in [6.45, 7) is 2.83. The molecule has 0 saturated carbocycles. The lowest BCUT2D eigenvalue weighted by molar-refractivity contribution is -0.149. The van der Waals surface area contributed by atoms with Crippen LogP contribution in [0.15, 0.2) is 12.2 Å². The van der Waals surface area contributed by atoms with Crippen molar-refractivity contribution in [3.63, 3.8) is 0 Å². The van der Waals surface area contributed by atoms with E-state index in [1.54, 1.807) is 0 Å². The summed E-state index contributed by atoms with van der Waals surface area (Å²) in [5.41, 5.74) is 0. The Hall–Kier alpha value is -0.790. The maximum atomic E-state index is 12.4. The van der Waals surface area contributed by atoms with E-state index < -0.39 is 0 Å². The summed E-state index contributed by atoms with van der Waals surface area (Å²) in [5, 5.41) is 0. The number of unbranched alkanes of at least 4 members (excludes halogenated alkanes) is 3. The average molecular weight is 337 g/mol. The van der Waals surface area contributed by atoms with Crippen molar-refractivity contribution in [2.24, 2.45) is 5.92 Å². The number of esters is 1. The molecule has 0 N–H and O–H groups in total. The highest BCUT2D eigenvalue weighted by atomic mass is 16.5. The molecule has 0 amide bonds. The van der Waals surface area contributed by atoms with Gasteiger partial charge in [0.2, 0.25) is 0 Å². The van der Waals surface area contributed by atoms with Crippen molar-refractivity contribution in [1.82, 2.24) is 0 Å². The Morgan fingerprint density at radius 3 is 2.08 bits per heavy atom. The zero-order valence-electron chi connectivity index (χ0n) is 16.1. The summed E-state index contributed by atoms with van der Waals surface area (Å²) in [7, 11) is 0. The van der Waals surface area contributed by atoms with Gasteiger partial charge in [-0.3, -0.25) is 4.79 Å². The van der Waals surface area contributed by atoms with Crippen LogP contribution in [0.1, 0.15) is 110 Å². The van der Waals surface area contributed by atoms with E-state index in [-0.39, 0.29) is 11.9 Å². The fraction of sp³-hybridized carbons (Fsp3) is 0.864. The van der Waals surface area contributed by atoms with E-state index >= 15 is 0 Å². The molecule has 1 atom stereocenters. The van der Waals surface area contributed by atoms with Gasteiger partial charge in [-0.15, -0.1) is 0 Å². The highest BCUT2D eigenvalue weighted by Crippen LogP contribution is 2.21. The van der Waals surface area contributed by atoms with Crippen LogP contribution in [0.5, 0.6) is 0 Å². The quantitative estimate of drug-likeness (QED) is 0.297. The molecule has 2 heteroatoms. The molecular formula is C22H40O2. The maximum absolute atomic E-state index is 12.4. The molecule has 0 saturated heterocycles. The molecule has 0 heterocycles. The monoisotopic (exact) mass is 336 g/mol. The van der Waals surface area contributed by atoms with Gasteiger partial charge in [0.05, 0.1) is 12.5 Å². The Morgan fingerprint density at radius 2 is 1.42 bits per heavy atom. The minimum atomic E-state index is 0.0794. The smallest absolute Gasteiger partial charge is 0.308 e. The number of rotatable bonds is 6. The fourth-order valence-electron chi connectivity index (χ4n) is 3.45. The van der Waals surface area contributed by atoms with Crippen LogP contribution < -0.4 is 0 Å². The molecule has 0 aliphatic heterocycles. The third kappa shape index (κ3) is 11.7. The first-order valence-corrected chi connectivity index (χ1v) is 10.7. The Kier molecular flexibility index (Phi) is 13.9. The van der Waals surface area contributed by atoms with Gasteiger partial charge in [0, 0.05) is 0 Å². The molecule has 0 spiro atoms. The number of carbonyl (C=O) groups is 1. The minimum Gasteiger partial charge on any atom is -0.465 e. The summed E-state index contributed by atoms with van der Waals surface area (Å²) >= 11 is 0. The molecule has 0 radical (unpaired) electrons. The third-order valence-electron chi connectivity index (χ3n) is 5.09. The molecular weight excluding hydrogens is 296 g/mol. The lowest BCUT2D eigenvalue weighted by Gasteiger charge is -2.16. The van der Waals surface area contributed by atoms with Crippen molar-refractivity contribution in [2.45, 2.75) is 110 Å². The summed E-state index contributed by atoms with van der Waals surface area (Å²) in [6, 6.07) is 0. The van der Waals surface area contributed by atoms with Gasteiger partial charge >= 0.3 is 5.97 Å². The van der Waals surface area contributed by atoms with E-state index in [0.717, 1.165) is 19.3 Å². The molecule has 1 aliphatic carbocycles. The van der Waals surface area contributed by atoms with E-state index in [0.29, 0.717) is 6.61 Å². The largest absolute Gasteiger partial charge is 0.465 e. The van der Waals surface area contributed by atoms with Gasteiger partial charge in [0.25, 0.3) is 0 Å². The average Bonchev–Trinajstić information content (AvgIpc) is 2.60. The van der Waals surface area contributed by atoms with Crippen molar-refractivity contribution in [1.29, 1.82) is 0 Å². The zero-order valence-corrected chi connectivity index (χ0v) is 16.1. The molecule has 1 rings (SSSR count). The van der Waals surface area contributed by atoms with Crippen molar-refractivity contribution >= 4 is 5.97 Å². The number of carbonyl (C=O) groups excluding carboxylic acids is 1. The summed E-state index contributed by atoms with van der Waals surface area (Å²) in [4.78, 5) is 12.4. The summed E-state index contributed by atoms with van der Waals surface area (Å²) < 4.78 is 5.57. The Labute approximate surface area is 150 Å². The number of hydrogen-bond donors (Lipinski definition) is 0. The van der Waals surface area contributed by atoms with Gasteiger partial charge in [0.15, 0.2) is 0 Å². The van der Waals surface area contributed by atoms with Crippen molar-refractivity contribution in [2.75, 3.05) is 6.61 Å². The minimum absolute atomic E-state index is 0.0794.